The molecular formula is C16H23NO. The van der Waals surface area contributed by atoms with Crippen LogP contribution in [0, 0.1) is 5.92 Å². The van der Waals surface area contributed by atoms with Gasteiger partial charge in [-0.3, -0.25) is 9.69 Å². The highest BCUT2D eigenvalue weighted by Crippen LogP contribution is 2.27. The topological polar surface area (TPSA) is 20.3 Å². The van der Waals surface area contributed by atoms with Crippen molar-refractivity contribution in [3.63, 3.8) is 0 Å². The largest absolute Gasteiger partial charge is 0.298 e. The van der Waals surface area contributed by atoms with Gasteiger partial charge in [-0.15, -0.1) is 0 Å². The zero-order valence-corrected chi connectivity index (χ0v) is 11.4. The van der Waals surface area contributed by atoms with Crippen LogP contribution in [0.4, 0.5) is 0 Å². The van der Waals surface area contributed by atoms with E-state index in [4.69, 9.17) is 0 Å². The number of carbonyl (C=O) groups excluding carboxylic acids is 1. The lowest BCUT2D eigenvalue weighted by Crippen LogP contribution is -2.35. The average molecular weight is 245 g/mol. The van der Waals surface area contributed by atoms with E-state index < -0.39 is 0 Å². The summed E-state index contributed by atoms with van der Waals surface area (Å²) in [6, 6.07) is 10.7. The van der Waals surface area contributed by atoms with Gasteiger partial charge in [-0.05, 0) is 24.3 Å². The van der Waals surface area contributed by atoms with Crippen LogP contribution < -0.4 is 0 Å². The molecule has 0 atom stereocenters. The molecule has 0 saturated heterocycles. The van der Waals surface area contributed by atoms with Crippen LogP contribution in [0.1, 0.15) is 32.3 Å². The Balaban J connectivity index is 1.85. The summed E-state index contributed by atoms with van der Waals surface area (Å²) in [5.74, 6) is 0.976. The molecule has 2 rings (SSSR count). The first-order valence-corrected chi connectivity index (χ1v) is 6.95. The summed E-state index contributed by atoms with van der Waals surface area (Å²) in [5.41, 5.74) is 1.13. The molecule has 18 heavy (non-hydrogen) atoms. The Morgan fingerprint density at radius 2 is 1.94 bits per heavy atom. The Kier molecular flexibility index (Phi) is 4.54. The minimum absolute atomic E-state index is 0.341. The van der Waals surface area contributed by atoms with Crippen LogP contribution in [-0.2, 0) is 11.2 Å². The van der Waals surface area contributed by atoms with E-state index in [0.717, 1.165) is 12.1 Å². The van der Waals surface area contributed by atoms with Crippen molar-refractivity contribution in [1.29, 1.82) is 0 Å². The molecule has 0 heterocycles. The maximum absolute atomic E-state index is 12.1. The Morgan fingerprint density at radius 1 is 1.28 bits per heavy atom. The summed E-state index contributed by atoms with van der Waals surface area (Å²) in [7, 11) is 0. The van der Waals surface area contributed by atoms with Crippen molar-refractivity contribution in [3.8, 4) is 0 Å². The molecule has 1 saturated carbocycles. The highest BCUT2D eigenvalue weighted by Gasteiger charge is 2.30. The van der Waals surface area contributed by atoms with E-state index in [1.807, 2.05) is 30.3 Å². The molecule has 0 unspecified atom stereocenters. The van der Waals surface area contributed by atoms with Gasteiger partial charge in [0, 0.05) is 19.0 Å². The Hall–Kier alpha value is -1.15. The first-order chi connectivity index (χ1) is 8.65. The quantitative estimate of drug-likeness (QED) is 0.736. The van der Waals surface area contributed by atoms with Crippen LogP contribution in [0.25, 0.3) is 0 Å². The molecule has 0 radical (unpaired) electrons. The van der Waals surface area contributed by atoms with Crippen LogP contribution in [0.5, 0.6) is 0 Å². The Morgan fingerprint density at radius 3 is 2.50 bits per heavy atom. The van der Waals surface area contributed by atoms with Gasteiger partial charge in [-0.1, -0.05) is 44.2 Å². The summed E-state index contributed by atoms with van der Waals surface area (Å²) in [5, 5.41) is 0. The number of Topliss-reactive ketones (excluding diaryl/α,β-unsaturated/α-hetero) is 1. The molecule has 1 fully saturated rings. The molecule has 2 nitrogen and oxygen atoms in total. The number of carbonyl (C=O) groups is 1. The third-order valence-electron chi connectivity index (χ3n) is 3.29. The van der Waals surface area contributed by atoms with Crippen LogP contribution in [0.3, 0.4) is 0 Å². The lowest BCUT2D eigenvalue weighted by Gasteiger charge is -2.23. The molecule has 0 amide bonds. The van der Waals surface area contributed by atoms with Crippen molar-refractivity contribution in [3.05, 3.63) is 35.9 Å². The van der Waals surface area contributed by atoms with Crippen molar-refractivity contribution < 1.29 is 4.79 Å². The summed E-state index contributed by atoms with van der Waals surface area (Å²) >= 11 is 0. The first-order valence-electron chi connectivity index (χ1n) is 6.95. The van der Waals surface area contributed by atoms with Crippen molar-refractivity contribution in [2.75, 3.05) is 13.1 Å². The first kappa shape index (κ1) is 13.3. The third kappa shape index (κ3) is 4.26. The van der Waals surface area contributed by atoms with Gasteiger partial charge >= 0.3 is 0 Å². The molecule has 0 N–H and O–H groups in total. The number of benzene rings is 1. The van der Waals surface area contributed by atoms with Crippen LogP contribution >= 0.6 is 0 Å². The second kappa shape index (κ2) is 6.14. The predicted molar refractivity (Wildman–Crippen MR) is 74.6 cm³/mol. The maximum Gasteiger partial charge on any atom is 0.151 e. The van der Waals surface area contributed by atoms with Crippen LogP contribution in [-0.4, -0.2) is 29.8 Å². The van der Waals surface area contributed by atoms with Gasteiger partial charge in [0.25, 0.3) is 0 Å². The smallest absolute Gasteiger partial charge is 0.151 e. The van der Waals surface area contributed by atoms with E-state index in [1.165, 1.54) is 12.8 Å². The third-order valence-corrected chi connectivity index (χ3v) is 3.29. The monoisotopic (exact) mass is 245 g/mol. The molecule has 2 heteroatoms. The number of ketones is 1. The molecule has 0 spiro atoms. The standard InChI is InChI=1S/C16H23NO/c1-13(2)11-17(15-8-9-15)12-16(18)10-14-6-4-3-5-7-14/h3-7,13,15H,8-12H2,1-2H3. The number of nitrogens with zero attached hydrogens (tertiary/aromatic N) is 1. The van der Waals surface area contributed by atoms with Gasteiger partial charge in [-0.2, -0.15) is 0 Å². The SMILES string of the molecule is CC(C)CN(CC(=O)Cc1ccccc1)C1CC1. The molecule has 1 aliphatic carbocycles. The Labute approximate surface area is 110 Å². The normalized spacial score (nSPS) is 15.3. The van der Waals surface area contributed by atoms with Crippen molar-refractivity contribution in [2.45, 2.75) is 39.2 Å². The van der Waals surface area contributed by atoms with Gasteiger partial charge in [0.05, 0.1) is 6.54 Å². The minimum atomic E-state index is 0.341. The predicted octanol–water partition coefficient (Wildman–Crippen LogP) is 2.92. The van der Waals surface area contributed by atoms with E-state index in [1.54, 1.807) is 0 Å². The molecule has 0 aromatic heterocycles. The number of rotatable bonds is 7. The van der Waals surface area contributed by atoms with E-state index in [2.05, 4.69) is 18.7 Å². The van der Waals surface area contributed by atoms with Crippen molar-refractivity contribution in [1.82, 2.24) is 4.90 Å². The molecule has 1 aliphatic rings. The molecule has 1 aromatic rings. The van der Waals surface area contributed by atoms with Gasteiger partial charge in [0.15, 0.2) is 5.78 Å². The van der Waals surface area contributed by atoms with Gasteiger partial charge in [0.2, 0.25) is 0 Å². The number of hydrogen-bond acceptors (Lipinski definition) is 2. The summed E-state index contributed by atoms with van der Waals surface area (Å²) in [6.45, 7) is 6.11. The van der Waals surface area contributed by atoms with Gasteiger partial charge in [0.1, 0.15) is 0 Å². The maximum atomic E-state index is 12.1. The highest BCUT2D eigenvalue weighted by molar-refractivity contribution is 5.82. The van der Waals surface area contributed by atoms with E-state index in [-0.39, 0.29) is 0 Å². The highest BCUT2D eigenvalue weighted by atomic mass is 16.1. The fourth-order valence-corrected chi connectivity index (χ4v) is 2.36. The van der Waals surface area contributed by atoms with Crippen LogP contribution in [0.2, 0.25) is 0 Å². The lowest BCUT2D eigenvalue weighted by atomic mass is 10.1. The average Bonchev–Trinajstić information content (AvgIpc) is 3.12. The zero-order valence-electron chi connectivity index (χ0n) is 11.4. The minimum Gasteiger partial charge on any atom is -0.298 e. The fraction of sp³-hybridized carbons (Fsp3) is 0.562. The summed E-state index contributed by atoms with van der Waals surface area (Å²) < 4.78 is 0. The second-order valence-corrected chi connectivity index (χ2v) is 5.76. The molecule has 1 aromatic carbocycles. The molecule has 98 valence electrons. The van der Waals surface area contributed by atoms with Crippen molar-refractivity contribution >= 4 is 5.78 Å². The summed E-state index contributed by atoms with van der Waals surface area (Å²) in [6.07, 6.45) is 3.11. The van der Waals surface area contributed by atoms with E-state index in [9.17, 15) is 4.79 Å². The van der Waals surface area contributed by atoms with Gasteiger partial charge in [-0.25, -0.2) is 0 Å². The fourth-order valence-electron chi connectivity index (χ4n) is 2.36. The number of hydrogen-bond donors (Lipinski definition) is 0. The Bertz CT molecular complexity index is 381. The van der Waals surface area contributed by atoms with Gasteiger partial charge < -0.3 is 0 Å². The molecule has 0 aliphatic heterocycles. The van der Waals surface area contributed by atoms with Crippen LogP contribution in [0.15, 0.2) is 30.3 Å². The van der Waals surface area contributed by atoms with E-state index in [0.29, 0.717) is 30.7 Å². The molecule has 0 bridgehead atoms. The summed E-state index contributed by atoms with van der Waals surface area (Å²) in [4.78, 5) is 14.5. The second-order valence-electron chi connectivity index (χ2n) is 5.76. The lowest BCUT2D eigenvalue weighted by molar-refractivity contribution is -0.119. The zero-order chi connectivity index (χ0) is 13.0. The molecular weight excluding hydrogens is 222 g/mol. The van der Waals surface area contributed by atoms with E-state index >= 15 is 0 Å². The van der Waals surface area contributed by atoms with Crippen molar-refractivity contribution in [2.24, 2.45) is 5.92 Å².